The molecule has 0 radical (unpaired) electrons. The molecule has 0 unspecified atom stereocenters. The summed E-state index contributed by atoms with van der Waals surface area (Å²) >= 11 is 0. The molecular formula is C15H23N3O2. The SMILES string of the molecule is CN(Cc1ccc(/C(N)=N/O)cc1)CC1(O)CCCC1. The summed E-state index contributed by atoms with van der Waals surface area (Å²) in [6.07, 6.45) is 4.05. The number of hydrogen-bond donors (Lipinski definition) is 3. The number of benzene rings is 1. The Morgan fingerprint density at radius 3 is 2.45 bits per heavy atom. The lowest BCUT2D eigenvalue weighted by molar-refractivity contribution is 0.0145. The molecule has 1 aromatic rings. The largest absolute Gasteiger partial charge is 0.409 e. The highest BCUT2D eigenvalue weighted by Gasteiger charge is 2.31. The molecule has 1 saturated carbocycles. The Morgan fingerprint density at radius 2 is 1.90 bits per heavy atom. The van der Waals surface area contributed by atoms with Crippen molar-refractivity contribution in [3.63, 3.8) is 0 Å². The lowest BCUT2D eigenvalue weighted by atomic mass is 10.0. The summed E-state index contributed by atoms with van der Waals surface area (Å²) in [5.41, 5.74) is 6.86. The van der Waals surface area contributed by atoms with E-state index in [-0.39, 0.29) is 5.84 Å². The highest BCUT2D eigenvalue weighted by molar-refractivity contribution is 5.96. The zero-order valence-corrected chi connectivity index (χ0v) is 11.9. The van der Waals surface area contributed by atoms with Gasteiger partial charge in [0.2, 0.25) is 0 Å². The minimum atomic E-state index is -0.511. The Bertz CT molecular complexity index is 465. The van der Waals surface area contributed by atoms with E-state index in [1.165, 1.54) is 0 Å². The van der Waals surface area contributed by atoms with Crippen LogP contribution in [0.3, 0.4) is 0 Å². The maximum absolute atomic E-state index is 10.4. The molecule has 5 heteroatoms. The Labute approximate surface area is 119 Å². The lowest BCUT2D eigenvalue weighted by Crippen LogP contribution is -2.38. The number of nitrogens with two attached hydrogens (primary N) is 1. The summed E-state index contributed by atoms with van der Waals surface area (Å²) in [5, 5.41) is 22.0. The van der Waals surface area contributed by atoms with Gasteiger partial charge in [-0.2, -0.15) is 0 Å². The monoisotopic (exact) mass is 277 g/mol. The fourth-order valence-electron chi connectivity index (χ4n) is 2.90. The summed E-state index contributed by atoms with van der Waals surface area (Å²) in [7, 11) is 2.02. The highest BCUT2D eigenvalue weighted by Crippen LogP contribution is 2.30. The van der Waals surface area contributed by atoms with Gasteiger partial charge in [-0.3, -0.25) is 4.90 Å². The molecule has 0 atom stereocenters. The van der Waals surface area contributed by atoms with E-state index in [1.807, 2.05) is 31.3 Å². The number of aliphatic hydroxyl groups is 1. The highest BCUT2D eigenvalue weighted by atomic mass is 16.4. The minimum absolute atomic E-state index is 0.116. The number of oxime groups is 1. The molecule has 0 heterocycles. The van der Waals surface area contributed by atoms with Gasteiger partial charge >= 0.3 is 0 Å². The number of nitrogens with zero attached hydrogens (tertiary/aromatic N) is 2. The Balaban J connectivity index is 1.92. The molecule has 0 saturated heterocycles. The second-order valence-corrected chi connectivity index (χ2v) is 5.79. The molecule has 0 spiro atoms. The van der Waals surface area contributed by atoms with Crippen molar-refractivity contribution in [1.29, 1.82) is 0 Å². The minimum Gasteiger partial charge on any atom is -0.409 e. The molecule has 1 aromatic carbocycles. The normalized spacial score (nSPS) is 18.6. The van der Waals surface area contributed by atoms with Crippen LogP contribution in [0.5, 0.6) is 0 Å². The van der Waals surface area contributed by atoms with E-state index in [2.05, 4.69) is 10.1 Å². The molecule has 0 aliphatic heterocycles. The first-order chi connectivity index (χ1) is 9.52. The van der Waals surface area contributed by atoms with Crippen molar-refractivity contribution in [2.45, 2.75) is 37.8 Å². The average Bonchev–Trinajstić information content (AvgIpc) is 2.84. The zero-order valence-electron chi connectivity index (χ0n) is 11.9. The molecule has 0 amide bonds. The van der Waals surface area contributed by atoms with Crippen molar-refractivity contribution >= 4 is 5.84 Å². The van der Waals surface area contributed by atoms with E-state index in [0.29, 0.717) is 12.1 Å². The van der Waals surface area contributed by atoms with E-state index in [0.717, 1.165) is 37.8 Å². The smallest absolute Gasteiger partial charge is 0.170 e. The molecule has 1 fully saturated rings. The third kappa shape index (κ3) is 3.71. The molecule has 0 aromatic heterocycles. The predicted octanol–water partition coefficient (Wildman–Crippen LogP) is 1.52. The van der Waals surface area contributed by atoms with E-state index in [9.17, 15) is 5.11 Å². The first-order valence-corrected chi connectivity index (χ1v) is 7.00. The van der Waals surface area contributed by atoms with Gasteiger partial charge < -0.3 is 16.0 Å². The van der Waals surface area contributed by atoms with Gasteiger partial charge in [0.05, 0.1) is 5.60 Å². The van der Waals surface area contributed by atoms with Gasteiger partial charge in [0, 0.05) is 18.7 Å². The van der Waals surface area contributed by atoms with Gasteiger partial charge in [0.25, 0.3) is 0 Å². The summed E-state index contributed by atoms with van der Waals surface area (Å²) in [6.45, 7) is 1.48. The van der Waals surface area contributed by atoms with Crippen LogP contribution >= 0.6 is 0 Å². The van der Waals surface area contributed by atoms with Gasteiger partial charge in [-0.15, -0.1) is 0 Å². The van der Waals surface area contributed by atoms with Crippen molar-refractivity contribution in [2.75, 3.05) is 13.6 Å². The van der Waals surface area contributed by atoms with Crippen LogP contribution in [0.4, 0.5) is 0 Å². The van der Waals surface area contributed by atoms with Crippen LogP contribution in [0.25, 0.3) is 0 Å². The summed E-state index contributed by atoms with van der Waals surface area (Å²) in [6, 6.07) is 7.59. The second-order valence-electron chi connectivity index (χ2n) is 5.79. The average molecular weight is 277 g/mol. The summed E-state index contributed by atoms with van der Waals surface area (Å²) < 4.78 is 0. The van der Waals surface area contributed by atoms with Crippen LogP contribution < -0.4 is 5.73 Å². The summed E-state index contributed by atoms with van der Waals surface area (Å²) in [5.74, 6) is 0.116. The molecule has 1 aliphatic carbocycles. The van der Waals surface area contributed by atoms with Crippen molar-refractivity contribution < 1.29 is 10.3 Å². The number of amidine groups is 1. The molecule has 2 rings (SSSR count). The predicted molar refractivity (Wildman–Crippen MR) is 78.7 cm³/mol. The number of rotatable bonds is 5. The molecule has 110 valence electrons. The van der Waals surface area contributed by atoms with Crippen molar-refractivity contribution in [3.05, 3.63) is 35.4 Å². The lowest BCUT2D eigenvalue weighted by Gasteiger charge is -2.28. The van der Waals surface area contributed by atoms with Crippen LogP contribution in [-0.2, 0) is 6.54 Å². The summed E-state index contributed by atoms with van der Waals surface area (Å²) in [4.78, 5) is 2.14. The molecule has 0 bridgehead atoms. The Kier molecular flexibility index (Phi) is 4.62. The molecule has 5 nitrogen and oxygen atoms in total. The third-order valence-electron chi connectivity index (χ3n) is 3.91. The maximum Gasteiger partial charge on any atom is 0.170 e. The first-order valence-electron chi connectivity index (χ1n) is 7.00. The van der Waals surface area contributed by atoms with Gasteiger partial charge in [0.1, 0.15) is 0 Å². The first kappa shape index (κ1) is 14.8. The quantitative estimate of drug-likeness (QED) is 0.330. The van der Waals surface area contributed by atoms with Crippen molar-refractivity contribution in [2.24, 2.45) is 10.9 Å². The molecule has 1 aliphatic rings. The van der Waals surface area contributed by atoms with E-state index in [4.69, 9.17) is 10.9 Å². The Morgan fingerprint density at radius 1 is 1.30 bits per heavy atom. The van der Waals surface area contributed by atoms with E-state index < -0.39 is 5.60 Å². The van der Waals surface area contributed by atoms with Crippen LogP contribution in [0.2, 0.25) is 0 Å². The van der Waals surface area contributed by atoms with Crippen molar-refractivity contribution in [1.82, 2.24) is 4.90 Å². The van der Waals surface area contributed by atoms with Crippen LogP contribution in [0.15, 0.2) is 29.4 Å². The topological polar surface area (TPSA) is 82.1 Å². The fourth-order valence-corrected chi connectivity index (χ4v) is 2.90. The van der Waals surface area contributed by atoms with Crippen molar-refractivity contribution in [3.8, 4) is 0 Å². The van der Waals surface area contributed by atoms with Crippen LogP contribution in [-0.4, -0.2) is 40.2 Å². The van der Waals surface area contributed by atoms with Crippen LogP contribution in [0, 0.1) is 0 Å². The molecule has 4 N–H and O–H groups in total. The van der Waals surface area contributed by atoms with Gasteiger partial charge in [-0.25, -0.2) is 0 Å². The number of hydrogen-bond acceptors (Lipinski definition) is 4. The second kappa shape index (κ2) is 6.24. The van der Waals surface area contributed by atoms with Gasteiger partial charge in [-0.1, -0.05) is 42.3 Å². The molecular weight excluding hydrogens is 254 g/mol. The van der Waals surface area contributed by atoms with E-state index in [1.54, 1.807) is 0 Å². The Hall–Kier alpha value is -1.59. The van der Waals surface area contributed by atoms with Gasteiger partial charge in [-0.05, 0) is 25.5 Å². The van der Waals surface area contributed by atoms with Crippen LogP contribution in [0.1, 0.15) is 36.8 Å². The standard InChI is InChI=1S/C15H23N3O2/c1-18(11-15(19)8-2-3-9-15)10-12-4-6-13(7-5-12)14(16)17-20/h4-7,19-20H,2-3,8-11H2,1H3,(H2,16,17). The maximum atomic E-state index is 10.4. The fraction of sp³-hybridized carbons (Fsp3) is 0.533. The third-order valence-corrected chi connectivity index (χ3v) is 3.91. The zero-order chi connectivity index (χ0) is 14.6. The molecule has 20 heavy (non-hydrogen) atoms. The van der Waals surface area contributed by atoms with E-state index >= 15 is 0 Å². The number of likely N-dealkylation sites (N-methyl/N-ethyl adjacent to an activating group) is 1. The van der Waals surface area contributed by atoms with Gasteiger partial charge in [0.15, 0.2) is 5.84 Å².